The van der Waals surface area contributed by atoms with Gasteiger partial charge in [-0.05, 0) is 23.8 Å². The largest absolute Gasteiger partial charge is 0.495 e. The summed E-state index contributed by atoms with van der Waals surface area (Å²) in [5.41, 5.74) is 4.01. The topological polar surface area (TPSA) is 67.3 Å². The van der Waals surface area contributed by atoms with Crippen molar-refractivity contribution in [1.29, 1.82) is 0 Å². The fourth-order valence-corrected chi connectivity index (χ4v) is 5.35. The number of carbonyl (C=O) groups is 1. The zero-order chi connectivity index (χ0) is 22.0. The van der Waals surface area contributed by atoms with Gasteiger partial charge in [0.25, 0.3) is 0 Å². The van der Waals surface area contributed by atoms with Gasteiger partial charge >= 0.3 is 0 Å². The minimum Gasteiger partial charge on any atom is -0.495 e. The Morgan fingerprint density at radius 3 is 2.71 bits per heavy atom. The molecule has 1 aliphatic rings. The quantitative estimate of drug-likeness (QED) is 0.387. The second-order valence-electron chi connectivity index (χ2n) is 7.68. The normalized spacial score (nSPS) is 15.7. The Balaban J connectivity index is 1.41. The maximum Gasteiger partial charge on any atom is 0.210 e. The number of hydrogen-bond donors (Lipinski definition) is 1. The Bertz CT molecular complexity index is 1140. The van der Waals surface area contributed by atoms with Crippen LogP contribution < -0.4 is 15.0 Å². The molecule has 31 heavy (non-hydrogen) atoms. The fourth-order valence-electron chi connectivity index (χ4n) is 3.77. The van der Waals surface area contributed by atoms with E-state index in [-0.39, 0.29) is 11.2 Å². The molecule has 2 heterocycles. The van der Waals surface area contributed by atoms with Crippen LogP contribution in [-0.4, -0.2) is 35.9 Å². The Morgan fingerprint density at radius 1 is 1.19 bits per heavy atom. The number of methoxy groups -OCH3 is 1. The number of nitrogens with one attached hydrogen (secondary N) is 1. The van der Waals surface area contributed by atoms with Gasteiger partial charge in [-0.15, -0.1) is 10.2 Å². The van der Waals surface area contributed by atoms with Crippen molar-refractivity contribution in [2.24, 2.45) is 0 Å². The number of nitrogens with zero attached hydrogens (tertiary/aromatic N) is 3. The lowest BCUT2D eigenvalue weighted by atomic mass is 9.83. The van der Waals surface area contributed by atoms with Crippen LogP contribution in [0.25, 0.3) is 0 Å². The van der Waals surface area contributed by atoms with Crippen molar-refractivity contribution in [3.05, 3.63) is 65.9 Å². The lowest BCUT2D eigenvalue weighted by Crippen LogP contribution is -2.24. The van der Waals surface area contributed by atoms with Crippen LogP contribution in [0.1, 0.15) is 19.4 Å². The van der Waals surface area contributed by atoms with Crippen LogP contribution in [0.4, 0.5) is 16.5 Å². The molecule has 0 saturated carbocycles. The van der Waals surface area contributed by atoms with E-state index in [0.717, 1.165) is 27.2 Å². The van der Waals surface area contributed by atoms with Gasteiger partial charge in [0.15, 0.2) is 10.1 Å². The Kier molecular flexibility index (Phi) is 6.02. The maximum absolute atomic E-state index is 12.7. The second-order valence-corrected chi connectivity index (χ2v) is 9.88. The number of para-hydroxylation sites is 3. The van der Waals surface area contributed by atoms with Crippen LogP contribution in [0, 0.1) is 0 Å². The van der Waals surface area contributed by atoms with Crippen LogP contribution in [0.2, 0.25) is 0 Å². The summed E-state index contributed by atoms with van der Waals surface area (Å²) in [6.07, 6.45) is 1.77. The van der Waals surface area contributed by atoms with Gasteiger partial charge in [-0.3, -0.25) is 4.79 Å². The van der Waals surface area contributed by atoms with Gasteiger partial charge < -0.3 is 15.0 Å². The molecule has 160 valence electrons. The van der Waals surface area contributed by atoms with Crippen molar-refractivity contribution in [2.45, 2.75) is 23.6 Å². The first-order chi connectivity index (χ1) is 14.9. The van der Waals surface area contributed by atoms with Crippen LogP contribution in [0.3, 0.4) is 0 Å². The predicted molar refractivity (Wildman–Crippen MR) is 128 cm³/mol. The van der Waals surface area contributed by atoms with Crippen molar-refractivity contribution < 1.29 is 9.53 Å². The highest BCUT2D eigenvalue weighted by Gasteiger charge is 2.38. The minimum absolute atomic E-state index is 0.0576. The third-order valence-electron chi connectivity index (χ3n) is 5.33. The van der Waals surface area contributed by atoms with Crippen LogP contribution in [0.15, 0.2) is 64.6 Å². The Morgan fingerprint density at radius 2 is 1.94 bits per heavy atom. The monoisotopic (exact) mass is 452 g/mol. The van der Waals surface area contributed by atoms with E-state index in [2.05, 4.69) is 46.4 Å². The molecule has 0 spiro atoms. The molecule has 1 aliphatic heterocycles. The number of fused-ring (bicyclic) bond motifs is 1. The summed E-state index contributed by atoms with van der Waals surface area (Å²) in [5, 5.41) is 12.2. The summed E-state index contributed by atoms with van der Waals surface area (Å²) in [7, 11) is 3.64. The summed E-state index contributed by atoms with van der Waals surface area (Å²) in [5.74, 6) is 1.10. The van der Waals surface area contributed by atoms with Crippen molar-refractivity contribution in [1.82, 2.24) is 10.2 Å². The van der Waals surface area contributed by atoms with E-state index in [4.69, 9.17) is 4.74 Å². The highest BCUT2D eigenvalue weighted by atomic mass is 32.2. The standard InChI is InChI=1S/C23H24N4O2S2/c1-23(2)16-9-5-7-11-18(16)27(3)20(23)13-15(28)14-30-22-26-25-21(31-22)24-17-10-6-8-12-19(17)29-4/h5-13H,14H2,1-4H3,(H,24,25)/b20-13+. The number of anilines is 3. The summed E-state index contributed by atoms with van der Waals surface area (Å²) < 4.78 is 6.09. The van der Waals surface area contributed by atoms with E-state index < -0.39 is 0 Å². The van der Waals surface area contributed by atoms with Gasteiger partial charge in [-0.1, -0.05) is 67.3 Å². The molecule has 0 radical (unpaired) electrons. The van der Waals surface area contributed by atoms with Crippen LogP contribution >= 0.6 is 23.1 Å². The first-order valence-corrected chi connectivity index (χ1v) is 11.6. The Labute approximate surface area is 190 Å². The molecule has 1 aromatic heterocycles. The van der Waals surface area contributed by atoms with E-state index in [0.29, 0.717) is 10.9 Å². The molecule has 0 aliphatic carbocycles. The molecule has 3 aromatic rings. The molecular weight excluding hydrogens is 428 g/mol. The second kappa shape index (κ2) is 8.72. The SMILES string of the molecule is COc1ccccc1Nc1nnc(SCC(=O)/C=C2/N(C)c3ccccc3C2(C)C)s1. The van der Waals surface area contributed by atoms with Gasteiger partial charge in [-0.25, -0.2) is 0 Å². The molecule has 0 atom stereocenters. The minimum atomic E-state index is -0.208. The molecule has 0 unspecified atom stereocenters. The predicted octanol–water partition coefficient (Wildman–Crippen LogP) is 5.26. The molecule has 0 saturated heterocycles. The zero-order valence-electron chi connectivity index (χ0n) is 17.9. The number of thioether (sulfide) groups is 1. The molecule has 1 N–H and O–H groups in total. The summed E-state index contributed by atoms with van der Waals surface area (Å²) in [6, 6.07) is 15.9. The number of carbonyl (C=O) groups excluding carboxylic acids is 1. The van der Waals surface area contributed by atoms with Gasteiger partial charge in [-0.2, -0.15) is 0 Å². The highest BCUT2D eigenvalue weighted by molar-refractivity contribution is 8.01. The summed E-state index contributed by atoms with van der Waals surface area (Å²) in [6.45, 7) is 4.31. The molecule has 0 amide bonds. The average Bonchev–Trinajstić information content (AvgIpc) is 3.29. The number of rotatable bonds is 7. The molecule has 2 aromatic carbocycles. The molecule has 6 nitrogen and oxygen atoms in total. The average molecular weight is 453 g/mol. The maximum atomic E-state index is 12.7. The van der Waals surface area contributed by atoms with Crippen molar-refractivity contribution >= 4 is 45.4 Å². The zero-order valence-corrected chi connectivity index (χ0v) is 19.5. The Hall–Kier alpha value is -2.84. The van der Waals surface area contributed by atoms with E-state index in [1.54, 1.807) is 13.2 Å². The summed E-state index contributed by atoms with van der Waals surface area (Å²) >= 11 is 2.81. The third-order valence-corrected chi connectivity index (χ3v) is 7.33. The number of likely N-dealkylation sites (N-methyl/N-ethyl adjacent to an activating group) is 1. The smallest absolute Gasteiger partial charge is 0.210 e. The van der Waals surface area contributed by atoms with Crippen molar-refractivity contribution in [2.75, 3.05) is 30.1 Å². The van der Waals surface area contributed by atoms with Crippen LogP contribution in [-0.2, 0) is 10.2 Å². The first-order valence-electron chi connectivity index (χ1n) is 9.84. The number of hydrogen-bond acceptors (Lipinski definition) is 8. The van der Waals surface area contributed by atoms with E-state index >= 15 is 0 Å². The van der Waals surface area contributed by atoms with Gasteiger partial charge in [0.1, 0.15) is 5.75 Å². The van der Waals surface area contributed by atoms with Gasteiger partial charge in [0.2, 0.25) is 5.13 Å². The number of benzene rings is 2. The molecule has 8 heteroatoms. The lowest BCUT2D eigenvalue weighted by Gasteiger charge is -2.23. The fraction of sp³-hybridized carbons (Fsp3) is 0.261. The van der Waals surface area contributed by atoms with E-state index in [9.17, 15) is 4.79 Å². The molecule has 4 rings (SSSR count). The van der Waals surface area contributed by atoms with E-state index in [1.807, 2.05) is 43.4 Å². The van der Waals surface area contributed by atoms with Gasteiger partial charge in [0.05, 0.1) is 18.6 Å². The summed E-state index contributed by atoms with van der Waals surface area (Å²) in [4.78, 5) is 14.8. The van der Waals surface area contributed by atoms with Crippen molar-refractivity contribution in [3.8, 4) is 5.75 Å². The number of aromatic nitrogens is 2. The van der Waals surface area contributed by atoms with Gasteiger partial charge in [0, 0.05) is 29.9 Å². The lowest BCUT2D eigenvalue weighted by molar-refractivity contribution is -0.112. The van der Waals surface area contributed by atoms with Crippen LogP contribution in [0.5, 0.6) is 5.75 Å². The number of ether oxygens (including phenoxy) is 1. The first kappa shape index (κ1) is 21.4. The number of ketones is 1. The van der Waals surface area contributed by atoms with E-state index in [1.165, 1.54) is 28.7 Å². The third kappa shape index (κ3) is 4.31. The van der Waals surface area contributed by atoms with Crippen molar-refractivity contribution in [3.63, 3.8) is 0 Å². The molecule has 0 fully saturated rings. The number of allylic oxidation sites excluding steroid dienone is 2. The molecular formula is C23H24N4O2S2. The highest BCUT2D eigenvalue weighted by Crippen LogP contribution is 2.46. The molecule has 0 bridgehead atoms.